The van der Waals surface area contributed by atoms with E-state index in [1.807, 2.05) is 50.2 Å². The van der Waals surface area contributed by atoms with Gasteiger partial charge in [-0.25, -0.2) is 5.43 Å². The Balaban J connectivity index is 1.99. The largest absolute Gasteiger partial charge is 0.378 e. The number of rotatable bonds is 4. The highest BCUT2D eigenvalue weighted by Gasteiger charge is 2.05. The highest BCUT2D eigenvalue weighted by molar-refractivity contribution is 6.31. The van der Waals surface area contributed by atoms with E-state index >= 15 is 0 Å². The number of nitrogens with zero attached hydrogens (tertiary/aromatic N) is 2. The van der Waals surface area contributed by atoms with E-state index < -0.39 is 0 Å². The molecule has 0 unspecified atom stereocenters. The van der Waals surface area contributed by atoms with Crippen molar-refractivity contribution in [2.75, 3.05) is 19.0 Å². The molecule has 2 aromatic rings. The zero-order valence-corrected chi connectivity index (χ0v) is 13.6. The van der Waals surface area contributed by atoms with Gasteiger partial charge in [0.05, 0.1) is 6.21 Å². The number of halogens is 1. The summed E-state index contributed by atoms with van der Waals surface area (Å²) in [5.74, 6) is -0.289. The number of hydrogen-bond donors (Lipinski definition) is 1. The second kappa shape index (κ2) is 7.09. The van der Waals surface area contributed by atoms with E-state index in [1.54, 1.807) is 24.4 Å². The maximum Gasteiger partial charge on any atom is 0.271 e. The van der Waals surface area contributed by atoms with E-state index in [0.717, 1.165) is 16.8 Å². The lowest BCUT2D eigenvalue weighted by molar-refractivity contribution is 0.0955. The van der Waals surface area contributed by atoms with Crippen molar-refractivity contribution in [3.63, 3.8) is 0 Å². The van der Waals surface area contributed by atoms with E-state index in [4.69, 9.17) is 11.6 Å². The van der Waals surface area contributed by atoms with Gasteiger partial charge in [0, 0.05) is 30.4 Å². The molecule has 114 valence electrons. The summed E-state index contributed by atoms with van der Waals surface area (Å²) in [6, 6.07) is 13.0. The summed E-state index contributed by atoms with van der Waals surface area (Å²) in [6.07, 6.45) is 1.60. The predicted octanol–water partition coefficient (Wildman–Crippen LogP) is 3.48. The normalized spacial score (nSPS) is 10.7. The van der Waals surface area contributed by atoms with Gasteiger partial charge in [0.15, 0.2) is 0 Å². The number of amides is 1. The van der Waals surface area contributed by atoms with Crippen molar-refractivity contribution < 1.29 is 4.79 Å². The zero-order chi connectivity index (χ0) is 16.1. The zero-order valence-electron chi connectivity index (χ0n) is 12.8. The fourth-order valence-electron chi connectivity index (χ4n) is 1.82. The molecule has 2 aromatic carbocycles. The minimum Gasteiger partial charge on any atom is -0.378 e. The Kier molecular flexibility index (Phi) is 5.17. The molecule has 0 aromatic heterocycles. The standard InChI is InChI=1S/C17H18ClN3O/c1-12-4-7-14(10-16(12)18)17(22)20-19-11-13-5-8-15(9-6-13)21(2)3/h4-11H,1-3H3,(H,20,22)/b19-11-. The molecule has 4 nitrogen and oxygen atoms in total. The van der Waals surface area contributed by atoms with Crippen molar-refractivity contribution in [3.05, 3.63) is 64.2 Å². The highest BCUT2D eigenvalue weighted by Crippen LogP contribution is 2.16. The van der Waals surface area contributed by atoms with Crippen molar-refractivity contribution in [3.8, 4) is 0 Å². The SMILES string of the molecule is Cc1ccc(C(=O)N/N=C\c2ccc(N(C)C)cc2)cc1Cl. The fourth-order valence-corrected chi connectivity index (χ4v) is 2.00. The van der Waals surface area contributed by atoms with Crippen LogP contribution in [0.4, 0.5) is 5.69 Å². The first kappa shape index (κ1) is 16.0. The molecule has 0 spiro atoms. The number of carbonyl (C=O) groups is 1. The predicted molar refractivity (Wildman–Crippen MR) is 92.0 cm³/mol. The van der Waals surface area contributed by atoms with Crippen LogP contribution in [0, 0.1) is 6.92 Å². The van der Waals surface area contributed by atoms with Crippen molar-refractivity contribution >= 4 is 29.4 Å². The second-order valence-corrected chi connectivity index (χ2v) is 5.56. The minimum absolute atomic E-state index is 0.289. The molecule has 0 aliphatic carbocycles. The van der Waals surface area contributed by atoms with E-state index in [-0.39, 0.29) is 5.91 Å². The Morgan fingerprint density at radius 2 is 1.86 bits per heavy atom. The maximum atomic E-state index is 12.0. The van der Waals surface area contributed by atoms with Gasteiger partial charge in [-0.1, -0.05) is 29.8 Å². The molecule has 1 amide bonds. The van der Waals surface area contributed by atoms with Crippen LogP contribution in [0.3, 0.4) is 0 Å². The van der Waals surface area contributed by atoms with E-state index in [1.165, 1.54) is 0 Å². The molecule has 0 atom stereocenters. The van der Waals surface area contributed by atoms with E-state index in [2.05, 4.69) is 10.5 Å². The average molecular weight is 316 g/mol. The van der Waals surface area contributed by atoms with Crippen molar-refractivity contribution in [1.29, 1.82) is 0 Å². The van der Waals surface area contributed by atoms with Gasteiger partial charge in [-0.05, 0) is 42.3 Å². The number of benzene rings is 2. The number of aryl methyl sites for hydroxylation is 1. The van der Waals surface area contributed by atoms with Gasteiger partial charge in [0.1, 0.15) is 0 Å². The van der Waals surface area contributed by atoms with Crippen LogP contribution in [0.25, 0.3) is 0 Å². The van der Waals surface area contributed by atoms with Gasteiger partial charge in [0.25, 0.3) is 5.91 Å². The molecule has 0 aliphatic rings. The van der Waals surface area contributed by atoms with Gasteiger partial charge in [-0.15, -0.1) is 0 Å². The Morgan fingerprint density at radius 1 is 1.18 bits per heavy atom. The summed E-state index contributed by atoms with van der Waals surface area (Å²) in [5.41, 5.74) is 5.93. The van der Waals surface area contributed by atoms with Crippen molar-refractivity contribution in [2.24, 2.45) is 5.10 Å². The molecule has 0 radical (unpaired) electrons. The lowest BCUT2D eigenvalue weighted by Gasteiger charge is -2.11. The summed E-state index contributed by atoms with van der Waals surface area (Å²) in [5, 5.41) is 4.53. The molecule has 1 N–H and O–H groups in total. The Hall–Kier alpha value is -2.33. The number of anilines is 1. The highest BCUT2D eigenvalue weighted by atomic mass is 35.5. The van der Waals surface area contributed by atoms with Crippen LogP contribution in [0.1, 0.15) is 21.5 Å². The topological polar surface area (TPSA) is 44.7 Å². The first-order valence-electron chi connectivity index (χ1n) is 6.84. The van der Waals surface area contributed by atoms with Crippen LogP contribution in [-0.4, -0.2) is 26.2 Å². The molecular formula is C17H18ClN3O. The van der Waals surface area contributed by atoms with E-state index in [9.17, 15) is 4.79 Å². The monoisotopic (exact) mass is 315 g/mol. The maximum absolute atomic E-state index is 12.0. The molecule has 0 bridgehead atoms. The van der Waals surface area contributed by atoms with Crippen LogP contribution in [-0.2, 0) is 0 Å². The summed E-state index contributed by atoms with van der Waals surface area (Å²) in [4.78, 5) is 14.0. The molecule has 0 heterocycles. The van der Waals surface area contributed by atoms with Crippen molar-refractivity contribution in [2.45, 2.75) is 6.92 Å². The van der Waals surface area contributed by atoms with Gasteiger partial charge in [0.2, 0.25) is 0 Å². The fraction of sp³-hybridized carbons (Fsp3) is 0.176. The number of hydrogen-bond acceptors (Lipinski definition) is 3. The Bertz CT molecular complexity index is 694. The van der Waals surface area contributed by atoms with Gasteiger partial charge in [-0.2, -0.15) is 5.10 Å². The van der Waals surface area contributed by atoms with Crippen LogP contribution in [0.5, 0.6) is 0 Å². The Morgan fingerprint density at radius 3 is 2.45 bits per heavy atom. The second-order valence-electron chi connectivity index (χ2n) is 5.15. The molecule has 2 rings (SSSR count). The first-order valence-corrected chi connectivity index (χ1v) is 7.22. The van der Waals surface area contributed by atoms with E-state index in [0.29, 0.717) is 10.6 Å². The summed E-state index contributed by atoms with van der Waals surface area (Å²) in [7, 11) is 3.96. The summed E-state index contributed by atoms with van der Waals surface area (Å²) >= 11 is 6.01. The quantitative estimate of drug-likeness (QED) is 0.693. The minimum atomic E-state index is -0.289. The van der Waals surface area contributed by atoms with Gasteiger partial charge >= 0.3 is 0 Å². The molecule has 0 aliphatic heterocycles. The smallest absolute Gasteiger partial charge is 0.271 e. The first-order chi connectivity index (χ1) is 10.5. The van der Waals surface area contributed by atoms with Gasteiger partial charge in [-0.3, -0.25) is 4.79 Å². The van der Waals surface area contributed by atoms with Gasteiger partial charge < -0.3 is 4.90 Å². The summed E-state index contributed by atoms with van der Waals surface area (Å²) in [6.45, 7) is 1.89. The molecule has 0 saturated heterocycles. The molecule has 22 heavy (non-hydrogen) atoms. The third-order valence-electron chi connectivity index (χ3n) is 3.22. The summed E-state index contributed by atoms with van der Waals surface area (Å²) < 4.78 is 0. The molecule has 0 saturated carbocycles. The van der Waals surface area contributed by atoms with Crippen molar-refractivity contribution in [1.82, 2.24) is 5.43 Å². The van der Waals surface area contributed by atoms with Crippen LogP contribution in [0.15, 0.2) is 47.6 Å². The molecule has 5 heteroatoms. The average Bonchev–Trinajstić information content (AvgIpc) is 2.50. The number of nitrogens with one attached hydrogen (secondary N) is 1. The molecule has 0 fully saturated rings. The lowest BCUT2D eigenvalue weighted by atomic mass is 10.1. The van der Waals surface area contributed by atoms with Crippen LogP contribution < -0.4 is 10.3 Å². The molecular weight excluding hydrogens is 298 g/mol. The third-order valence-corrected chi connectivity index (χ3v) is 3.63. The third kappa shape index (κ3) is 4.09. The number of hydrazone groups is 1. The van der Waals surface area contributed by atoms with Crippen LogP contribution >= 0.6 is 11.6 Å². The van der Waals surface area contributed by atoms with Crippen LogP contribution in [0.2, 0.25) is 5.02 Å². The Labute approximate surface area is 135 Å². The lowest BCUT2D eigenvalue weighted by Crippen LogP contribution is -2.17. The number of carbonyl (C=O) groups excluding carboxylic acids is 1.